The van der Waals surface area contributed by atoms with Crippen molar-refractivity contribution in [2.45, 2.75) is 25.7 Å². The number of cyclic esters (lactones) is 1. The van der Waals surface area contributed by atoms with E-state index in [0.717, 1.165) is 18.9 Å². The van der Waals surface area contributed by atoms with Crippen LogP contribution < -0.4 is 0 Å². The fourth-order valence-corrected chi connectivity index (χ4v) is 2.61. The zero-order chi connectivity index (χ0) is 20.2. The molecule has 0 saturated heterocycles. The minimum atomic E-state index is -0.699. The van der Waals surface area contributed by atoms with E-state index in [1.807, 2.05) is 48.6 Å². The van der Waals surface area contributed by atoms with Gasteiger partial charge in [0, 0.05) is 12.5 Å². The molecule has 146 valence electrons. The Labute approximate surface area is 164 Å². The number of ether oxygens (including phenoxy) is 1. The third kappa shape index (κ3) is 7.11. The van der Waals surface area contributed by atoms with Crippen LogP contribution in [0.25, 0.3) is 0 Å². The van der Waals surface area contributed by atoms with Crippen molar-refractivity contribution in [3.8, 4) is 11.5 Å². The van der Waals surface area contributed by atoms with E-state index in [9.17, 15) is 19.8 Å². The zero-order valence-electron chi connectivity index (χ0n) is 15.6. The molecule has 0 aliphatic carbocycles. The van der Waals surface area contributed by atoms with Crippen LogP contribution in [0.3, 0.4) is 0 Å². The summed E-state index contributed by atoms with van der Waals surface area (Å²) < 4.78 is 5.11. The summed E-state index contributed by atoms with van der Waals surface area (Å²) >= 11 is 0. The molecule has 2 aromatic rings. The maximum atomic E-state index is 12.1. The Hall–Kier alpha value is -3.34. The number of fused-ring (bicyclic) bond motifs is 1. The number of ketones is 1. The highest BCUT2D eigenvalue weighted by molar-refractivity contribution is 5.98. The number of aromatic hydroxyl groups is 2. The smallest absolute Gasteiger partial charge is 0.342 e. The first-order valence-electron chi connectivity index (χ1n) is 9.14. The summed E-state index contributed by atoms with van der Waals surface area (Å²) in [6, 6.07) is 14.4. The molecule has 1 heterocycles. The van der Waals surface area contributed by atoms with Crippen molar-refractivity contribution in [1.82, 2.24) is 0 Å². The Morgan fingerprint density at radius 2 is 1.39 bits per heavy atom. The maximum absolute atomic E-state index is 12.1. The molecule has 0 fully saturated rings. The fraction of sp³-hybridized carbons (Fsp3) is 0.217. The first-order chi connectivity index (χ1) is 13.6. The summed E-state index contributed by atoms with van der Waals surface area (Å²) in [6.45, 7) is 0.193. The molecule has 0 saturated carbocycles. The largest absolute Gasteiger partial charge is 0.508 e. The average Bonchev–Trinajstić information content (AvgIpc) is 2.67. The lowest BCUT2D eigenvalue weighted by atomic mass is 10.00. The number of esters is 1. The molecule has 0 atom stereocenters. The van der Waals surface area contributed by atoms with Gasteiger partial charge >= 0.3 is 5.97 Å². The van der Waals surface area contributed by atoms with Crippen LogP contribution in [0.1, 0.15) is 35.2 Å². The lowest BCUT2D eigenvalue weighted by Crippen LogP contribution is -2.12. The minimum absolute atomic E-state index is 0.0689. The molecule has 0 radical (unpaired) electrons. The quantitative estimate of drug-likeness (QED) is 0.524. The number of hydrogen-bond donors (Lipinski definition) is 2. The van der Waals surface area contributed by atoms with E-state index in [1.165, 1.54) is 12.1 Å². The summed E-state index contributed by atoms with van der Waals surface area (Å²) in [4.78, 5) is 24.0. The lowest BCUT2D eigenvalue weighted by Gasteiger charge is -2.11. The van der Waals surface area contributed by atoms with Crippen LogP contribution in [0.4, 0.5) is 0 Å². The fourth-order valence-electron chi connectivity index (χ4n) is 2.61. The summed E-state index contributed by atoms with van der Waals surface area (Å²) in [7, 11) is 0. The van der Waals surface area contributed by atoms with Crippen LogP contribution in [0.15, 0.2) is 72.8 Å². The second kappa shape index (κ2) is 11.4. The highest BCUT2D eigenvalue weighted by Gasteiger charge is 2.20. The van der Waals surface area contributed by atoms with E-state index in [1.54, 1.807) is 6.08 Å². The maximum Gasteiger partial charge on any atom is 0.342 e. The first-order valence-corrected chi connectivity index (χ1v) is 9.14. The van der Waals surface area contributed by atoms with Crippen LogP contribution in [0.2, 0.25) is 0 Å². The van der Waals surface area contributed by atoms with E-state index in [-0.39, 0.29) is 41.4 Å². The van der Waals surface area contributed by atoms with Crippen molar-refractivity contribution < 1.29 is 24.5 Å². The predicted molar refractivity (Wildman–Crippen MR) is 107 cm³/mol. The number of benzene rings is 2. The third-order valence-electron chi connectivity index (χ3n) is 3.91. The molecule has 1 aliphatic heterocycles. The Morgan fingerprint density at radius 1 is 0.786 bits per heavy atom. The number of carbonyl (C=O) groups excluding carboxylic acids is 2. The van der Waals surface area contributed by atoms with Crippen molar-refractivity contribution in [2.24, 2.45) is 0 Å². The molecule has 5 nitrogen and oxygen atoms in total. The molecule has 3 rings (SSSR count). The first kappa shape index (κ1) is 21.0. The molecule has 1 aliphatic rings. The van der Waals surface area contributed by atoms with Crippen molar-refractivity contribution in [1.29, 1.82) is 0 Å². The second-order valence-corrected chi connectivity index (χ2v) is 6.17. The van der Waals surface area contributed by atoms with E-state index in [2.05, 4.69) is 0 Å². The molecule has 0 amide bonds. The summed E-state index contributed by atoms with van der Waals surface area (Å²) in [6.07, 6.45) is 9.18. The lowest BCUT2D eigenvalue weighted by molar-refractivity contribution is -0.114. The Balaban J connectivity index is 0.000000397. The zero-order valence-corrected chi connectivity index (χ0v) is 15.6. The molecule has 28 heavy (non-hydrogen) atoms. The van der Waals surface area contributed by atoms with Gasteiger partial charge in [0.15, 0.2) is 5.78 Å². The standard InChI is InChI=1S/C17H18O5.C6H6/c18-13-7-5-3-1-2-4-6-8-22-17(21)16-12(9-13)10-14(19)11-15(16)20;1-2-4-6-5-3-1/h2,4-5,7,10-11,19-20H,1,3,6,8-9H2;1-6H/b4-2+,7-5+;. The predicted octanol–water partition coefficient (Wildman–Crippen LogP) is 4.35. The minimum Gasteiger partial charge on any atom is -0.508 e. The van der Waals surface area contributed by atoms with Gasteiger partial charge in [0.1, 0.15) is 17.1 Å². The summed E-state index contributed by atoms with van der Waals surface area (Å²) in [5.74, 6) is -1.50. The molecule has 2 N–H and O–H groups in total. The number of phenolic OH excluding ortho intramolecular Hbond substituents is 2. The molecule has 0 aromatic heterocycles. The van der Waals surface area contributed by atoms with Crippen LogP contribution >= 0.6 is 0 Å². The Morgan fingerprint density at radius 3 is 2.07 bits per heavy atom. The van der Waals surface area contributed by atoms with Gasteiger partial charge in [0.05, 0.1) is 6.61 Å². The molecule has 5 heteroatoms. The molecule has 0 spiro atoms. The molecular formula is C23H24O5. The number of rotatable bonds is 0. The number of hydrogen-bond acceptors (Lipinski definition) is 5. The van der Waals surface area contributed by atoms with Gasteiger partial charge in [-0.1, -0.05) is 54.6 Å². The number of carbonyl (C=O) groups is 2. The van der Waals surface area contributed by atoms with Gasteiger partial charge in [-0.15, -0.1) is 0 Å². The van der Waals surface area contributed by atoms with E-state index >= 15 is 0 Å². The Bertz CT molecular complexity index is 811. The number of phenols is 2. The van der Waals surface area contributed by atoms with Gasteiger partial charge in [0.2, 0.25) is 0 Å². The van der Waals surface area contributed by atoms with Crippen molar-refractivity contribution in [3.05, 3.63) is 84.0 Å². The van der Waals surface area contributed by atoms with Gasteiger partial charge in [-0.2, -0.15) is 0 Å². The summed E-state index contributed by atoms with van der Waals surface area (Å²) in [5.41, 5.74) is 0.186. The van der Waals surface area contributed by atoms with Crippen molar-refractivity contribution in [2.75, 3.05) is 6.61 Å². The van der Waals surface area contributed by atoms with E-state index in [4.69, 9.17) is 4.74 Å². The SMILES string of the molecule is O=C1/C=C/CC/C=C/CCOC(=O)c2c(O)cc(O)cc2C1.c1ccccc1. The van der Waals surface area contributed by atoms with Crippen LogP contribution in [-0.4, -0.2) is 28.6 Å². The Kier molecular flexibility index (Phi) is 8.53. The molecule has 0 unspecified atom stereocenters. The van der Waals surface area contributed by atoms with E-state index < -0.39 is 5.97 Å². The molecule has 0 bridgehead atoms. The highest BCUT2D eigenvalue weighted by Crippen LogP contribution is 2.28. The molecule has 2 aromatic carbocycles. The normalized spacial score (nSPS) is 17.1. The highest BCUT2D eigenvalue weighted by atomic mass is 16.5. The number of allylic oxidation sites excluding steroid dienone is 3. The van der Waals surface area contributed by atoms with Crippen LogP contribution in [0, 0.1) is 0 Å². The van der Waals surface area contributed by atoms with Gasteiger partial charge in [0.25, 0.3) is 0 Å². The molecular weight excluding hydrogens is 356 g/mol. The average molecular weight is 380 g/mol. The topological polar surface area (TPSA) is 83.8 Å². The van der Waals surface area contributed by atoms with Gasteiger partial charge in [-0.3, -0.25) is 4.79 Å². The van der Waals surface area contributed by atoms with E-state index in [0.29, 0.717) is 6.42 Å². The van der Waals surface area contributed by atoms with Gasteiger partial charge < -0.3 is 14.9 Å². The van der Waals surface area contributed by atoms with Crippen molar-refractivity contribution >= 4 is 11.8 Å². The van der Waals surface area contributed by atoms with Crippen LogP contribution in [0.5, 0.6) is 11.5 Å². The third-order valence-corrected chi connectivity index (χ3v) is 3.91. The summed E-state index contributed by atoms with van der Waals surface area (Å²) in [5, 5.41) is 19.5. The van der Waals surface area contributed by atoms with Crippen molar-refractivity contribution in [3.63, 3.8) is 0 Å². The van der Waals surface area contributed by atoms with Gasteiger partial charge in [-0.05, 0) is 37.0 Å². The van der Waals surface area contributed by atoms with Gasteiger partial charge in [-0.25, -0.2) is 4.79 Å². The monoisotopic (exact) mass is 380 g/mol. The van der Waals surface area contributed by atoms with Crippen LogP contribution in [-0.2, 0) is 16.0 Å². The second-order valence-electron chi connectivity index (χ2n) is 6.17.